The van der Waals surface area contributed by atoms with Crippen LogP contribution in [0.5, 0.6) is 0 Å². The molecule has 0 bridgehead atoms. The molecule has 2 heterocycles. The maximum Gasteiger partial charge on any atom is 0.196 e. The summed E-state index contributed by atoms with van der Waals surface area (Å²) < 4.78 is 1.95. The van der Waals surface area contributed by atoms with Crippen molar-refractivity contribution in [2.24, 2.45) is 0 Å². The third-order valence-corrected chi connectivity index (χ3v) is 4.76. The average molecular weight is 323 g/mol. The van der Waals surface area contributed by atoms with Crippen LogP contribution in [0, 0.1) is 0 Å². The predicted octanol–water partition coefficient (Wildman–Crippen LogP) is 4.38. The molecule has 4 aromatic rings. The largest absolute Gasteiger partial charge is 0.315 e. The summed E-state index contributed by atoms with van der Waals surface area (Å²) in [7, 11) is 0. The topological polar surface area (TPSA) is 38.5 Å². The molecule has 1 aliphatic rings. The van der Waals surface area contributed by atoms with Crippen molar-refractivity contribution in [3.63, 3.8) is 0 Å². The molecule has 3 nitrogen and oxygen atoms in total. The summed E-state index contributed by atoms with van der Waals surface area (Å²) in [6.45, 7) is 0. The van der Waals surface area contributed by atoms with E-state index in [2.05, 4.69) is 0 Å². The smallest absolute Gasteiger partial charge is 0.196 e. The van der Waals surface area contributed by atoms with Crippen molar-refractivity contribution in [1.82, 2.24) is 4.40 Å². The molecule has 2 aromatic heterocycles. The lowest BCUT2D eigenvalue weighted by molar-refractivity contribution is 0.0981. The number of aromatic nitrogens is 1. The fourth-order valence-electron chi connectivity index (χ4n) is 3.69. The van der Waals surface area contributed by atoms with Crippen molar-refractivity contribution in [2.75, 3.05) is 0 Å². The summed E-state index contributed by atoms with van der Waals surface area (Å²) in [5, 5.41) is 0. The van der Waals surface area contributed by atoms with Gasteiger partial charge in [0.05, 0.1) is 22.3 Å². The van der Waals surface area contributed by atoms with Crippen LogP contribution in [0.1, 0.15) is 31.8 Å². The van der Waals surface area contributed by atoms with Crippen molar-refractivity contribution in [1.29, 1.82) is 0 Å². The van der Waals surface area contributed by atoms with Crippen molar-refractivity contribution >= 4 is 17.1 Å². The Morgan fingerprint density at radius 2 is 1.20 bits per heavy atom. The number of hydrogen-bond acceptors (Lipinski definition) is 2. The number of pyridine rings is 1. The molecule has 0 saturated carbocycles. The molecule has 0 radical (unpaired) electrons. The van der Waals surface area contributed by atoms with Crippen molar-refractivity contribution in [3.05, 3.63) is 101 Å². The first-order valence-corrected chi connectivity index (χ1v) is 8.14. The van der Waals surface area contributed by atoms with Crippen LogP contribution < -0.4 is 0 Å². The molecule has 0 spiro atoms. The van der Waals surface area contributed by atoms with Crippen molar-refractivity contribution in [3.8, 4) is 11.3 Å². The van der Waals surface area contributed by atoms with Gasteiger partial charge in [0.1, 0.15) is 0 Å². The molecule has 0 aliphatic heterocycles. The minimum Gasteiger partial charge on any atom is -0.315 e. The highest BCUT2D eigenvalue weighted by atomic mass is 16.1. The van der Waals surface area contributed by atoms with Gasteiger partial charge in [-0.1, -0.05) is 60.7 Å². The maximum atomic E-state index is 13.3. The second-order valence-electron chi connectivity index (χ2n) is 6.12. The van der Waals surface area contributed by atoms with E-state index in [-0.39, 0.29) is 11.6 Å². The van der Waals surface area contributed by atoms with Gasteiger partial charge in [-0.25, -0.2) is 0 Å². The second kappa shape index (κ2) is 5.02. The zero-order valence-electron chi connectivity index (χ0n) is 13.3. The molecule has 1 aliphatic carbocycles. The molecule has 2 aromatic carbocycles. The number of benzene rings is 2. The fourth-order valence-corrected chi connectivity index (χ4v) is 3.69. The number of rotatable bonds is 1. The number of hydrogen-bond donors (Lipinski definition) is 0. The fraction of sp³-hybridized carbons (Fsp3) is 0. The summed E-state index contributed by atoms with van der Waals surface area (Å²) in [6, 6.07) is 22.5. The summed E-state index contributed by atoms with van der Waals surface area (Å²) in [5.74, 6) is -0.177. The summed E-state index contributed by atoms with van der Waals surface area (Å²) in [4.78, 5) is 26.4. The summed E-state index contributed by atoms with van der Waals surface area (Å²) >= 11 is 0. The molecule has 0 unspecified atom stereocenters. The molecule has 118 valence electrons. The van der Waals surface area contributed by atoms with Crippen LogP contribution in [-0.4, -0.2) is 16.0 Å². The Bertz CT molecular complexity index is 1170. The van der Waals surface area contributed by atoms with E-state index in [0.717, 1.165) is 16.8 Å². The Balaban J connectivity index is 1.96. The van der Waals surface area contributed by atoms with E-state index in [0.29, 0.717) is 22.3 Å². The van der Waals surface area contributed by atoms with E-state index in [1.807, 2.05) is 59.1 Å². The Morgan fingerprint density at radius 3 is 1.92 bits per heavy atom. The number of carbonyl (C=O) groups excluding carboxylic acids is 2. The predicted molar refractivity (Wildman–Crippen MR) is 96.1 cm³/mol. The van der Waals surface area contributed by atoms with Crippen LogP contribution in [-0.2, 0) is 0 Å². The van der Waals surface area contributed by atoms with E-state index < -0.39 is 0 Å². The Labute approximate surface area is 144 Å². The van der Waals surface area contributed by atoms with Crippen molar-refractivity contribution in [2.45, 2.75) is 0 Å². The maximum absolute atomic E-state index is 13.3. The first kappa shape index (κ1) is 13.9. The minimum absolute atomic E-state index is 0.0870. The van der Waals surface area contributed by atoms with Gasteiger partial charge < -0.3 is 4.40 Å². The van der Waals surface area contributed by atoms with Crippen LogP contribution in [0.3, 0.4) is 0 Å². The monoisotopic (exact) mass is 323 g/mol. The van der Waals surface area contributed by atoms with Gasteiger partial charge in [-0.2, -0.15) is 0 Å². The standard InChI is InChI=1S/C22H13NO2/c24-21-15-10-4-5-11-16(15)22(25)19-18(21)17-12-6-7-13-23(17)20(19)14-8-2-1-3-9-14/h1-13H. The third kappa shape index (κ3) is 1.81. The van der Waals surface area contributed by atoms with Gasteiger partial charge in [0, 0.05) is 17.3 Å². The molecule has 3 heteroatoms. The zero-order chi connectivity index (χ0) is 17.0. The highest BCUT2D eigenvalue weighted by Crippen LogP contribution is 2.38. The molecule has 5 rings (SSSR count). The molecular formula is C22H13NO2. The Kier molecular flexibility index (Phi) is 2.80. The first-order valence-electron chi connectivity index (χ1n) is 8.14. The zero-order valence-corrected chi connectivity index (χ0v) is 13.3. The highest BCUT2D eigenvalue weighted by Gasteiger charge is 2.35. The lowest BCUT2D eigenvalue weighted by Crippen LogP contribution is -2.19. The summed E-state index contributed by atoms with van der Waals surface area (Å²) in [6.07, 6.45) is 1.90. The number of carbonyl (C=O) groups is 2. The quantitative estimate of drug-likeness (QED) is 0.459. The van der Waals surface area contributed by atoms with Gasteiger partial charge in [0.25, 0.3) is 0 Å². The van der Waals surface area contributed by atoms with Gasteiger partial charge in [0.2, 0.25) is 0 Å². The van der Waals surface area contributed by atoms with Gasteiger partial charge in [-0.3, -0.25) is 9.59 Å². The van der Waals surface area contributed by atoms with Crippen LogP contribution >= 0.6 is 0 Å². The third-order valence-electron chi connectivity index (χ3n) is 4.76. The SMILES string of the molecule is O=C1c2ccccc2C(=O)c2c1c(-c1ccccc1)n1ccccc21. The van der Waals surface area contributed by atoms with E-state index >= 15 is 0 Å². The van der Waals surface area contributed by atoms with Gasteiger partial charge in [-0.15, -0.1) is 0 Å². The van der Waals surface area contributed by atoms with Gasteiger partial charge in [0.15, 0.2) is 11.6 Å². The number of fused-ring (bicyclic) bond motifs is 4. The van der Waals surface area contributed by atoms with Crippen LogP contribution in [0.4, 0.5) is 0 Å². The van der Waals surface area contributed by atoms with E-state index in [9.17, 15) is 9.59 Å². The van der Waals surface area contributed by atoms with E-state index in [4.69, 9.17) is 0 Å². The second-order valence-corrected chi connectivity index (χ2v) is 6.12. The molecule has 0 atom stereocenters. The molecule has 25 heavy (non-hydrogen) atoms. The summed E-state index contributed by atoms with van der Waals surface area (Å²) in [5.41, 5.74) is 4.43. The number of ketones is 2. The van der Waals surface area contributed by atoms with E-state index in [1.165, 1.54) is 0 Å². The lowest BCUT2D eigenvalue weighted by Gasteiger charge is -2.15. The molecule has 0 N–H and O–H groups in total. The first-order chi connectivity index (χ1) is 12.3. The Morgan fingerprint density at radius 1 is 0.600 bits per heavy atom. The molecular weight excluding hydrogens is 310 g/mol. The van der Waals surface area contributed by atoms with Crippen LogP contribution in [0.2, 0.25) is 0 Å². The number of nitrogens with zero attached hydrogens (tertiary/aromatic N) is 1. The molecule has 0 fully saturated rings. The van der Waals surface area contributed by atoms with Gasteiger partial charge >= 0.3 is 0 Å². The Hall–Kier alpha value is -3.46. The van der Waals surface area contributed by atoms with Crippen LogP contribution in [0.25, 0.3) is 16.8 Å². The molecule has 0 amide bonds. The average Bonchev–Trinajstić information content (AvgIpc) is 3.02. The van der Waals surface area contributed by atoms with Gasteiger partial charge in [-0.05, 0) is 17.7 Å². The highest BCUT2D eigenvalue weighted by molar-refractivity contribution is 6.32. The minimum atomic E-state index is -0.0900. The lowest BCUT2D eigenvalue weighted by atomic mass is 9.84. The van der Waals surface area contributed by atoms with Crippen molar-refractivity contribution < 1.29 is 9.59 Å². The normalized spacial score (nSPS) is 13.0. The molecule has 0 saturated heterocycles. The van der Waals surface area contributed by atoms with Crippen LogP contribution in [0.15, 0.2) is 79.0 Å². The van der Waals surface area contributed by atoms with E-state index in [1.54, 1.807) is 24.3 Å².